The molecule has 0 spiro atoms. The Labute approximate surface area is 183 Å². The van der Waals surface area contributed by atoms with Gasteiger partial charge in [-0.15, -0.1) is 24.8 Å². The summed E-state index contributed by atoms with van der Waals surface area (Å²) in [7, 11) is 0. The van der Waals surface area contributed by atoms with Crippen LogP contribution in [0.4, 0.5) is 5.69 Å². The molecular formula is C21H26Cl2N4O2. The Bertz CT molecular complexity index is 828. The number of carbonyl (C=O) groups is 1. The molecule has 4 N–H and O–H groups in total. The van der Waals surface area contributed by atoms with Crippen LogP contribution in [0.2, 0.25) is 0 Å². The quantitative estimate of drug-likeness (QED) is 0.387. The molecule has 0 saturated carbocycles. The van der Waals surface area contributed by atoms with E-state index in [-0.39, 0.29) is 37.1 Å². The third kappa shape index (κ3) is 8.25. The number of hydrogen-bond donors (Lipinski definition) is 4. The van der Waals surface area contributed by atoms with E-state index in [0.29, 0.717) is 12.4 Å². The van der Waals surface area contributed by atoms with Crippen LogP contribution in [0.15, 0.2) is 67.0 Å². The number of aromatic nitrogens is 2. The zero-order valence-corrected chi connectivity index (χ0v) is 17.5. The Balaban J connectivity index is 0.00000210. The maximum atomic E-state index is 12.0. The van der Waals surface area contributed by atoms with E-state index in [4.69, 9.17) is 0 Å². The molecular weight excluding hydrogens is 411 g/mol. The molecule has 1 aromatic heterocycles. The van der Waals surface area contributed by atoms with Gasteiger partial charge in [0.25, 0.3) is 0 Å². The lowest BCUT2D eigenvalue weighted by atomic mass is 10.1. The van der Waals surface area contributed by atoms with Crippen molar-refractivity contribution >= 4 is 36.4 Å². The highest BCUT2D eigenvalue weighted by molar-refractivity contribution is 5.91. The number of benzene rings is 2. The Hall–Kier alpha value is -2.38. The lowest BCUT2D eigenvalue weighted by molar-refractivity contribution is -0.115. The predicted octanol–water partition coefficient (Wildman–Crippen LogP) is 3.30. The number of hydrogen-bond acceptors (Lipinski definition) is 4. The Morgan fingerprint density at radius 1 is 1.07 bits per heavy atom. The average Bonchev–Trinajstić information content (AvgIpc) is 3.20. The van der Waals surface area contributed by atoms with E-state index >= 15 is 0 Å². The first-order valence-corrected chi connectivity index (χ1v) is 9.01. The van der Waals surface area contributed by atoms with Gasteiger partial charge in [-0.2, -0.15) is 0 Å². The number of imidazole rings is 1. The zero-order valence-electron chi connectivity index (χ0n) is 15.9. The summed E-state index contributed by atoms with van der Waals surface area (Å²) in [5.41, 5.74) is 2.85. The number of aromatic amines is 1. The molecule has 8 heteroatoms. The van der Waals surface area contributed by atoms with Gasteiger partial charge in [-0.05, 0) is 36.2 Å². The number of H-pyrrole nitrogens is 1. The van der Waals surface area contributed by atoms with Gasteiger partial charge in [-0.25, -0.2) is 4.98 Å². The molecule has 0 bridgehead atoms. The molecule has 3 rings (SSSR count). The number of nitrogens with one attached hydrogen (secondary N) is 3. The number of amides is 1. The molecule has 1 amide bonds. The van der Waals surface area contributed by atoms with Crippen LogP contribution in [0.1, 0.15) is 23.1 Å². The molecule has 3 aromatic rings. The third-order valence-electron chi connectivity index (χ3n) is 4.23. The summed E-state index contributed by atoms with van der Waals surface area (Å²) in [6.07, 6.45) is 3.90. The van der Waals surface area contributed by atoms with Crippen molar-refractivity contribution in [3.8, 4) is 0 Å². The molecule has 0 saturated heterocycles. The van der Waals surface area contributed by atoms with E-state index in [1.807, 2.05) is 54.6 Å². The summed E-state index contributed by atoms with van der Waals surface area (Å²) in [4.78, 5) is 18.9. The van der Waals surface area contributed by atoms with E-state index in [9.17, 15) is 9.90 Å². The van der Waals surface area contributed by atoms with Gasteiger partial charge in [0, 0.05) is 24.6 Å². The summed E-state index contributed by atoms with van der Waals surface area (Å²) in [6, 6.07) is 17.4. The molecule has 1 atom stereocenters. The largest absolute Gasteiger partial charge is 0.387 e. The lowest BCUT2D eigenvalue weighted by Crippen LogP contribution is -2.23. The van der Waals surface area contributed by atoms with Gasteiger partial charge in [0.15, 0.2) is 0 Å². The van der Waals surface area contributed by atoms with Gasteiger partial charge >= 0.3 is 0 Å². The number of halogens is 2. The van der Waals surface area contributed by atoms with Gasteiger partial charge in [0.2, 0.25) is 5.91 Å². The fourth-order valence-electron chi connectivity index (χ4n) is 2.77. The first kappa shape index (κ1) is 24.7. The van der Waals surface area contributed by atoms with Crippen LogP contribution in [0.3, 0.4) is 0 Å². The van der Waals surface area contributed by atoms with Crippen molar-refractivity contribution in [1.82, 2.24) is 15.3 Å². The first-order valence-electron chi connectivity index (χ1n) is 9.01. The summed E-state index contributed by atoms with van der Waals surface area (Å²) in [5, 5.41) is 16.3. The minimum absolute atomic E-state index is 0. The molecule has 0 fully saturated rings. The Kier molecular flexibility index (Phi) is 11.0. The SMILES string of the molecule is Cl.Cl.O=C(Cc1ncc[nH]1)Nc1ccc(CCNCC(O)c2ccccc2)cc1. The fraction of sp³-hybridized carbons (Fsp3) is 0.238. The smallest absolute Gasteiger partial charge is 0.231 e. The van der Waals surface area contributed by atoms with Crippen LogP contribution >= 0.6 is 24.8 Å². The lowest BCUT2D eigenvalue weighted by Gasteiger charge is -2.12. The van der Waals surface area contributed by atoms with E-state index in [2.05, 4.69) is 20.6 Å². The maximum absolute atomic E-state index is 12.0. The molecule has 29 heavy (non-hydrogen) atoms. The van der Waals surface area contributed by atoms with E-state index in [1.165, 1.54) is 5.56 Å². The summed E-state index contributed by atoms with van der Waals surface area (Å²) in [6.45, 7) is 1.29. The second kappa shape index (κ2) is 13.0. The third-order valence-corrected chi connectivity index (χ3v) is 4.23. The first-order chi connectivity index (χ1) is 13.2. The number of anilines is 1. The predicted molar refractivity (Wildman–Crippen MR) is 120 cm³/mol. The van der Waals surface area contributed by atoms with Gasteiger partial charge in [-0.1, -0.05) is 42.5 Å². The normalized spacial score (nSPS) is 11.1. The fourth-order valence-corrected chi connectivity index (χ4v) is 2.77. The standard InChI is InChI=1S/C21H24N4O2.2ClH/c26-19(17-4-2-1-3-5-17)15-22-11-10-16-6-8-18(9-7-16)25-21(27)14-20-23-12-13-24-20;;/h1-9,12-13,19,22,26H,10-11,14-15H2,(H,23,24)(H,25,27);2*1H. The Morgan fingerprint density at radius 2 is 1.79 bits per heavy atom. The monoisotopic (exact) mass is 436 g/mol. The second-order valence-corrected chi connectivity index (χ2v) is 6.34. The molecule has 0 aliphatic carbocycles. The molecule has 2 aromatic carbocycles. The van der Waals surface area contributed by atoms with Crippen molar-refractivity contribution < 1.29 is 9.90 Å². The number of aliphatic hydroxyl groups excluding tert-OH is 1. The Morgan fingerprint density at radius 3 is 2.45 bits per heavy atom. The highest BCUT2D eigenvalue weighted by atomic mass is 35.5. The van der Waals surface area contributed by atoms with Crippen molar-refractivity contribution in [2.45, 2.75) is 18.9 Å². The molecule has 0 aliphatic heterocycles. The maximum Gasteiger partial charge on any atom is 0.231 e. The van der Waals surface area contributed by atoms with Crippen molar-refractivity contribution in [3.63, 3.8) is 0 Å². The van der Waals surface area contributed by atoms with Crippen LogP contribution in [-0.2, 0) is 17.6 Å². The topological polar surface area (TPSA) is 90.0 Å². The second-order valence-electron chi connectivity index (χ2n) is 6.34. The molecule has 1 heterocycles. The van der Waals surface area contributed by atoms with Crippen LogP contribution in [-0.4, -0.2) is 34.1 Å². The highest BCUT2D eigenvalue weighted by Crippen LogP contribution is 2.12. The molecule has 1 unspecified atom stereocenters. The number of nitrogens with zero attached hydrogens (tertiary/aromatic N) is 1. The zero-order chi connectivity index (χ0) is 18.9. The highest BCUT2D eigenvalue weighted by Gasteiger charge is 2.07. The van der Waals surface area contributed by atoms with Crippen LogP contribution < -0.4 is 10.6 Å². The van der Waals surface area contributed by atoms with Crippen LogP contribution in [0.25, 0.3) is 0 Å². The summed E-state index contributed by atoms with van der Waals surface area (Å²) in [5.74, 6) is 0.544. The average molecular weight is 437 g/mol. The molecule has 6 nitrogen and oxygen atoms in total. The van der Waals surface area contributed by atoms with Gasteiger partial charge in [0.05, 0.1) is 12.5 Å². The minimum atomic E-state index is -0.502. The molecule has 156 valence electrons. The van der Waals surface area contributed by atoms with Crippen molar-refractivity contribution in [2.75, 3.05) is 18.4 Å². The van der Waals surface area contributed by atoms with E-state index in [0.717, 1.165) is 24.2 Å². The van der Waals surface area contributed by atoms with E-state index in [1.54, 1.807) is 12.4 Å². The van der Waals surface area contributed by atoms with Gasteiger partial charge in [-0.3, -0.25) is 4.79 Å². The summed E-state index contributed by atoms with van der Waals surface area (Å²) < 4.78 is 0. The van der Waals surface area contributed by atoms with Crippen molar-refractivity contribution in [1.29, 1.82) is 0 Å². The number of rotatable bonds is 9. The van der Waals surface area contributed by atoms with Crippen LogP contribution in [0, 0.1) is 0 Å². The summed E-state index contributed by atoms with van der Waals surface area (Å²) >= 11 is 0. The van der Waals surface area contributed by atoms with Gasteiger partial charge < -0.3 is 20.7 Å². The van der Waals surface area contributed by atoms with Crippen LogP contribution in [0.5, 0.6) is 0 Å². The van der Waals surface area contributed by atoms with Gasteiger partial charge in [0.1, 0.15) is 5.82 Å². The molecule has 0 aliphatic rings. The minimum Gasteiger partial charge on any atom is -0.387 e. The van der Waals surface area contributed by atoms with Crippen molar-refractivity contribution in [3.05, 3.63) is 83.9 Å². The van der Waals surface area contributed by atoms with Crippen molar-refractivity contribution in [2.24, 2.45) is 0 Å². The number of carbonyl (C=O) groups excluding carboxylic acids is 1. The van der Waals surface area contributed by atoms with E-state index < -0.39 is 6.10 Å². The molecule has 0 radical (unpaired) electrons. The number of aliphatic hydroxyl groups is 1.